The minimum atomic E-state index is 1.13. The number of benzene rings is 12. The molecule has 0 aliphatic rings. The Balaban J connectivity index is 1.13. The third-order valence-corrected chi connectivity index (χ3v) is 14.4. The molecule has 12 aromatic carbocycles. The van der Waals surface area contributed by atoms with Gasteiger partial charge in [0, 0.05) is 33.3 Å². The van der Waals surface area contributed by atoms with Gasteiger partial charge in [-0.05, 0) is 141 Å². The van der Waals surface area contributed by atoms with Crippen molar-refractivity contribution in [3.63, 3.8) is 0 Å². The highest BCUT2D eigenvalue weighted by Gasteiger charge is 2.26. The van der Waals surface area contributed by atoms with E-state index in [9.17, 15) is 0 Å². The topological polar surface area (TPSA) is 6.48 Å². The van der Waals surface area contributed by atoms with Crippen LogP contribution in [0.15, 0.2) is 243 Å². The van der Waals surface area contributed by atoms with Crippen LogP contribution in [0.4, 0.5) is 34.1 Å². The van der Waals surface area contributed by atoms with Gasteiger partial charge < -0.3 is 9.80 Å². The molecule has 0 amide bonds. The van der Waals surface area contributed by atoms with Gasteiger partial charge in [0.2, 0.25) is 0 Å². The van der Waals surface area contributed by atoms with Crippen LogP contribution >= 0.6 is 0 Å². The van der Waals surface area contributed by atoms with E-state index < -0.39 is 0 Å². The number of rotatable bonds is 10. The number of nitrogens with zero attached hydrogens (tertiary/aromatic N) is 2. The first-order valence-corrected chi connectivity index (χ1v) is 24.3. The van der Waals surface area contributed by atoms with Crippen LogP contribution in [-0.4, -0.2) is 0 Å². The lowest BCUT2D eigenvalue weighted by atomic mass is 9.90. The van der Waals surface area contributed by atoms with E-state index in [2.05, 4.69) is 280 Å². The summed E-state index contributed by atoms with van der Waals surface area (Å²) in [5.41, 5.74) is 21.3. The molecule has 0 saturated heterocycles. The molecule has 0 spiro atoms. The first-order valence-electron chi connectivity index (χ1n) is 24.3. The summed E-state index contributed by atoms with van der Waals surface area (Å²) in [6.45, 7) is 8.90. The number of para-hydroxylation sites is 2. The van der Waals surface area contributed by atoms with Gasteiger partial charge in [-0.3, -0.25) is 0 Å². The van der Waals surface area contributed by atoms with Crippen LogP contribution in [0.2, 0.25) is 0 Å². The average Bonchev–Trinajstić information content (AvgIpc) is 3.41. The quantitative estimate of drug-likeness (QED) is 0.126. The third kappa shape index (κ3) is 7.37. The molecule has 0 fully saturated rings. The van der Waals surface area contributed by atoms with E-state index in [0.29, 0.717) is 0 Å². The fraction of sp³-hybridized carbons (Fsp3) is 0.0588. The van der Waals surface area contributed by atoms with E-state index in [1.54, 1.807) is 0 Å². The number of aryl methyl sites for hydroxylation is 4. The maximum absolute atomic E-state index is 2.52. The summed E-state index contributed by atoms with van der Waals surface area (Å²) in [4.78, 5) is 5.05. The Morgan fingerprint density at radius 2 is 0.586 bits per heavy atom. The normalized spacial score (nSPS) is 11.4. The molecule has 0 aliphatic carbocycles. The molecule has 2 nitrogen and oxygen atoms in total. The van der Waals surface area contributed by atoms with Crippen molar-refractivity contribution >= 4 is 66.4 Å². The molecule has 0 N–H and O–H groups in total. The van der Waals surface area contributed by atoms with Crippen molar-refractivity contribution in [3.8, 4) is 44.5 Å². The number of hydrogen-bond donors (Lipinski definition) is 0. The van der Waals surface area contributed by atoms with Crippen LogP contribution in [-0.2, 0) is 0 Å². The fourth-order valence-corrected chi connectivity index (χ4v) is 10.8. The lowest BCUT2D eigenvalue weighted by Gasteiger charge is -2.32. The fourth-order valence-electron chi connectivity index (χ4n) is 10.8. The molecule has 0 bridgehead atoms. The Labute approximate surface area is 411 Å². The number of anilines is 6. The zero-order valence-electron chi connectivity index (χ0n) is 40.0. The van der Waals surface area contributed by atoms with Crippen LogP contribution in [0.25, 0.3) is 76.8 Å². The van der Waals surface area contributed by atoms with Gasteiger partial charge in [0.15, 0.2) is 0 Å². The molecular weight excluding hydrogens is 845 g/mol. The Morgan fingerprint density at radius 3 is 1.00 bits per heavy atom. The average molecular weight is 897 g/mol. The van der Waals surface area contributed by atoms with Gasteiger partial charge in [-0.25, -0.2) is 0 Å². The van der Waals surface area contributed by atoms with E-state index in [0.717, 1.165) is 34.1 Å². The van der Waals surface area contributed by atoms with Crippen molar-refractivity contribution in [1.82, 2.24) is 0 Å². The molecule has 0 saturated carbocycles. The summed E-state index contributed by atoms with van der Waals surface area (Å²) in [7, 11) is 0. The Bertz CT molecular complexity index is 3630. The van der Waals surface area contributed by atoms with Gasteiger partial charge in [-0.2, -0.15) is 0 Å². The summed E-state index contributed by atoms with van der Waals surface area (Å²) in [6, 6.07) is 89.4. The number of hydrogen-bond acceptors (Lipinski definition) is 2. The van der Waals surface area contributed by atoms with Crippen molar-refractivity contribution in [2.24, 2.45) is 0 Å². The summed E-state index contributed by atoms with van der Waals surface area (Å²) >= 11 is 0. The monoisotopic (exact) mass is 896 g/mol. The van der Waals surface area contributed by atoms with Crippen LogP contribution in [0, 0.1) is 27.7 Å². The zero-order valence-corrected chi connectivity index (χ0v) is 40.0. The SMILES string of the molecule is Cc1ccccc1-c1ccc(C)c(N(c2ccccc2-c2ccccc2)c2ccc3ccc4c(N(c5cc(-c6ccccc6C)ccc5C)c5ccccc5-c5ccccc5)ccc5ccc2c3c54)c1. The first-order chi connectivity index (χ1) is 34.4. The molecule has 0 aromatic heterocycles. The van der Waals surface area contributed by atoms with E-state index in [1.165, 1.54) is 99.1 Å². The van der Waals surface area contributed by atoms with Gasteiger partial charge >= 0.3 is 0 Å². The molecule has 70 heavy (non-hydrogen) atoms. The molecule has 334 valence electrons. The van der Waals surface area contributed by atoms with Gasteiger partial charge in [0.05, 0.1) is 22.7 Å². The van der Waals surface area contributed by atoms with E-state index >= 15 is 0 Å². The second-order valence-corrected chi connectivity index (χ2v) is 18.7. The van der Waals surface area contributed by atoms with Crippen LogP contribution in [0.1, 0.15) is 22.3 Å². The molecule has 0 aliphatic heterocycles. The Kier molecular flexibility index (Phi) is 10.8. The van der Waals surface area contributed by atoms with Gasteiger partial charge in [0.1, 0.15) is 0 Å². The van der Waals surface area contributed by atoms with E-state index in [-0.39, 0.29) is 0 Å². The molecule has 0 atom stereocenters. The molecule has 12 aromatic rings. The van der Waals surface area contributed by atoms with Crippen LogP contribution < -0.4 is 9.80 Å². The van der Waals surface area contributed by atoms with Crippen molar-refractivity contribution in [2.75, 3.05) is 9.80 Å². The standard InChI is InChI=1S/C68H52N2/c1-45-19-11-13-25-55(45)53-33-31-47(3)65(43-53)69(61-29-17-15-27-57(61)49-21-7-5-8-22-49)63-41-37-51-36-40-60-64(42-38-52-35-39-59(63)67(51)68(52)60)70(62-30-18-16-28-58(62)50-23-9-6-10-24-50)66-44-54(34-32-48(66)4)56-26-14-12-20-46(56)2/h5-44H,1-4H3. The molecular formula is C68H52N2. The highest BCUT2D eigenvalue weighted by molar-refractivity contribution is 6.28. The molecule has 0 heterocycles. The van der Waals surface area contributed by atoms with Gasteiger partial charge in [-0.15, -0.1) is 0 Å². The zero-order chi connectivity index (χ0) is 47.3. The van der Waals surface area contributed by atoms with Crippen LogP contribution in [0.5, 0.6) is 0 Å². The van der Waals surface area contributed by atoms with Gasteiger partial charge in [-0.1, -0.05) is 206 Å². The summed E-state index contributed by atoms with van der Waals surface area (Å²) in [5.74, 6) is 0. The summed E-state index contributed by atoms with van der Waals surface area (Å²) < 4.78 is 0. The van der Waals surface area contributed by atoms with Gasteiger partial charge in [0.25, 0.3) is 0 Å². The Morgan fingerprint density at radius 1 is 0.229 bits per heavy atom. The lowest BCUT2D eigenvalue weighted by Crippen LogP contribution is -2.14. The third-order valence-electron chi connectivity index (χ3n) is 14.4. The molecule has 2 heteroatoms. The second-order valence-electron chi connectivity index (χ2n) is 18.7. The van der Waals surface area contributed by atoms with Crippen molar-refractivity contribution in [1.29, 1.82) is 0 Å². The highest BCUT2D eigenvalue weighted by Crippen LogP contribution is 2.51. The smallest absolute Gasteiger partial charge is 0.0541 e. The predicted molar refractivity (Wildman–Crippen MR) is 300 cm³/mol. The Hall–Kier alpha value is -8.72. The molecule has 0 radical (unpaired) electrons. The summed E-state index contributed by atoms with van der Waals surface area (Å²) in [6.07, 6.45) is 0. The lowest BCUT2D eigenvalue weighted by molar-refractivity contribution is 1.26. The minimum absolute atomic E-state index is 1.13. The highest BCUT2D eigenvalue weighted by atomic mass is 15.2. The summed E-state index contributed by atoms with van der Waals surface area (Å²) in [5, 5.41) is 7.33. The maximum Gasteiger partial charge on any atom is 0.0541 e. The molecule has 12 rings (SSSR count). The predicted octanol–water partition coefficient (Wildman–Crippen LogP) is 19.4. The largest absolute Gasteiger partial charge is 0.309 e. The van der Waals surface area contributed by atoms with Crippen molar-refractivity contribution < 1.29 is 0 Å². The van der Waals surface area contributed by atoms with Crippen LogP contribution in [0.3, 0.4) is 0 Å². The second kappa shape index (κ2) is 17.7. The van der Waals surface area contributed by atoms with E-state index in [1.807, 2.05) is 0 Å². The first kappa shape index (κ1) is 42.6. The minimum Gasteiger partial charge on any atom is -0.309 e. The van der Waals surface area contributed by atoms with Crippen molar-refractivity contribution in [2.45, 2.75) is 27.7 Å². The molecule has 0 unspecified atom stereocenters. The van der Waals surface area contributed by atoms with E-state index in [4.69, 9.17) is 0 Å². The van der Waals surface area contributed by atoms with Crippen molar-refractivity contribution in [3.05, 3.63) is 265 Å². The maximum atomic E-state index is 2.52.